The molecule has 1 amide bonds. The highest BCUT2D eigenvalue weighted by molar-refractivity contribution is 6.34. The molecule has 0 fully saturated rings. The van der Waals surface area contributed by atoms with Gasteiger partial charge in [0.15, 0.2) is 12.0 Å². The number of oxazole rings is 1. The van der Waals surface area contributed by atoms with Gasteiger partial charge in [0, 0.05) is 11.8 Å². The molecule has 128 valence electrons. The Hall–Kier alpha value is -3.18. The van der Waals surface area contributed by atoms with E-state index in [1.165, 1.54) is 6.39 Å². The van der Waals surface area contributed by atoms with Crippen LogP contribution in [0.1, 0.15) is 15.9 Å². The van der Waals surface area contributed by atoms with Crippen molar-refractivity contribution < 1.29 is 9.21 Å². The fourth-order valence-electron chi connectivity index (χ4n) is 2.78. The van der Waals surface area contributed by atoms with Crippen LogP contribution in [0.15, 0.2) is 65.5 Å². The molecule has 0 saturated heterocycles. The second kappa shape index (κ2) is 6.61. The van der Waals surface area contributed by atoms with Crippen LogP contribution in [0.2, 0.25) is 5.02 Å². The molecule has 26 heavy (non-hydrogen) atoms. The zero-order valence-corrected chi connectivity index (χ0v) is 14.6. The topological polar surface area (TPSA) is 68.0 Å². The number of hydrogen-bond acceptors (Lipinski definition) is 4. The maximum absolute atomic E-state index is 12.3. The van der Waals surface area contributed by atoms with E-state index in [1.807, 2.05) is 25.1 Å². The van der Waals surface area contributed by atoms with Crippen molar-refractivity contribution in [3.05, 3.63) is 77.3 Å². The molecule has 4 rings (SSSR count). The Kier molecular flexibility index (Phi) is 4.14. The largest absolute Gasteiger partial charge is 0.443 e. The fraction of sp³-hybridized carbons (Fsp3) is 0.0500. The van der Waals surface area contributed by atoms with Gasteiger partial charge in [-0.05, 0) is 54.4 Å². The first kappa shape index (κ1) is 16.3. The predicted molar refractivity (Wildman–Crippen MR) is 101 cm³/mol. The second-order valence-electron chi connectivity index (χ2n) is 5.85. The smallest absolute Gasteiger partial charge is 0.258 e. The van der Waals surface area contributed by atoms with Gasteiger partial charge in [-0.25, -0.2) is 9.97 Å². The number of pyridine rings is 1. The van der Waals surface area contributed by atoms with Crippen molar-refractivity contribution in [3.63, 3.8) is 0 Å². The predicted octanol–water partition coefficient (Wildman–Crippen LogP) is 5.10. The van der Waals surface area contributed by atoms with Crippen molar-refractivity contribution >= 4 is 34.4 Å². The van der Waals surface area contributed by atoms with Crippen LogP contribution >= 0.6 is 11.6 Å². The van der Waals surface area contributed by atoms with Crippen molar-refractivity contribution in [1.82, 2.24) is 9.97 Å². The van der Waals surface area contributed by atoms with Crippen LogP contribution < -0.4 is 5.32 Å². The molecule has 0 aliphatic heterocycles. The van der Waals surface area contributed by atoms with Gasteiger partial charge in [-0.3, -0.25) is 4.79 Å². The van der Waals surface area contributed by atoms with Crippen molar-refractivity contribution in [3.8, 4) is 11.1 Å². The molecule has 1 N–H and O–H groups in total. The van der Waals surface area contributed by atoms with Crippen LogP contribution in [0, 0.1) is 6.92 Å². The van der Waals surface area contributed by atoms with E-state index in [4.69, 9.17) is 16.0 Å². The van der Waals surface area contributed by atoms with Crippen LogP contribution in [-0.2, 0) is 0 Å². The normalized spacial score (nSPS) is 10.8. The molecule has 2 heterocycles. The summed E-state index contributed by atoms with van der Waals surface area (Å²) >= 11 is 6.05. The summed E-state index contributed by atoms with van der Waals surface area (Å²) < 4.78 is 5.37. The summed E-state index contributed by atoms with van der Waals surface area (Å²) in [6, 6.07) is 14.5. The van der Waals surface area contributed by atoms with Gasteiger partial charge in [-0.2, -0.15) is 0 Å². The first-order chi connectivity index (χ1) is 12.6. The van der Waals surface area contributed by atoms with Crippen LogP contribution in [0.4, 0.5) is 5.82 Å². The number of aryl methyl sites for hydroxylation is 1. The van der Waals surface area contributed by atoms with Crippen LogP contribution in [0.3, 0.4) is 0 Å². The highest BCUT2D eigenvalue weighted by Crippen LogP contribution is 2.28. The molecule has 0 spiro atoms. The number of aromatic nitrogens is 2. The van der Waals surface area contributed by atoms with Gasteiger partial charge in [0.2, 0.25) is 0 Å². The minimum Gasteiger partial charge on any atom is -0.443 e. The monoisotopic (exact) mass is 363 g/mol. The van der Waals surface area contributed by atoms with Crippen LogP contribution in [0.5, 0.6) is 0 Å². The quantitative estimate of drug-likeness (QED) is 0.549. The second-order valence-corrected chi connectivity index (χ2v) is 6.26. The van der Waals surface area contributed by atoms with E-state index in [9.17, 15) is 4.79 Å². The number of nitrogens with one attached hydrogen (secondary N) is 1. The molecule has 5 nitrogen and oxygen atoms in total. The van der Waals surface area contributed by atoms with Gasteiger partial charge in [-0.1, -0.05) is 23.7 Å². The number of hydrogen-bond donors (Lipinski definition) is 1. The van der Waals surface area contributed by atoms with E-state index in [-0.39, 0.29) is 5.91 Å². The SMILES string of the molecule is Cc1cc2ncoc2cc1-c1ccc(NC(=O)c2ccccc2Cl)nc1. The summed E-state index contributed by atoms with van der Waals surface area (Å²) in [7, 11) is 0. The van der Waals surface area contributed by atoms with Gasteiger partial charge in [0.25, 0.3) is 5.91 Å². The number of halogens is 1. The number of fused-ring (bicyclic) bond motifs is 1. The number of carbonyl (C=O) groups is 1. The fourth-order valence-corrected chi connectivity index (χ4v) is 3.00. The standard InChI is InChI=1S/C20H14ClN3O2/c1-12-8-17-18(26-11-23-17)9-15(12)13-6-7-19(22-10-13)24-20(25)14-4-2-3-5-16(14)21/h2-11H,1H3,(H,22,24,25). The molecule has 2 aromatic heterocycles. The summed E-state index contributed by atoms with van der Waals surface area (Å²) in [4.78, 5) is 20.8. The summed E-state index contributed by atoms with van der Waals surface area (Å²) in [6.45, 7) is 2.01. The zero-order valence-electron chi connectivity index (χ0n) is 13.9. The lowest BCUT2D eigenvalue weighted by molar-refractivity contribution is 0.102. The van der Waals surface area contributed by atoms with E-state index < -0.39 is 0 Å². The highest BCUT2D eigenvalue weighted by atomic mass is 35.5. The molecule has 0 atom stereocenters. The van der Waals surface area contributed by atoms with Gasteiger partial charge >= 0.3 is 0 Å². The number of rotatable bonds is 3. The third-order valence-electron chi connectivity index (χ3n) is 4.11. The minimum atomic E-state index is -0.296. The first-order valence-electron chi connectivity index (χ1n) is 7.98. The minimum absolute atomic E-state index is 0.296. The lowest BCUT2D eigenvalue weighted by atomic mass is 10.0. The number of carbonyl (C=O) groups excluding carboxylic acids is 1. The van der Waals surface area contributed by atoms with Gasteiger partial charge in [0.1, 0.15) is 11.3 Å². The van der Waals surface area contributed by atoms with E-state index in [1.54, 1.807) is 36.5 Å². The Labute approximate surface area is 154 Å². The Morgan fingerprint density at radius 1 is 1.12 bits per heavy atom. The third-order valence-corrected chi connectivity index (χ3v) is 4.44. The van der Waals surface area contributed by atoms with E-state index in [2.05, 4.69) is 15.3 Å². The van der Waals surface area contributed by atoms with Crippen LogP contribution in [-0.4, -0.2) is 15.9 Å². The van der Waals surface area contributed by atoms with Crippen molar-refractivity contribution in [2.75, 3.05) is 5.32 Å². The lowest BCUT2D eigenvalue weighted by Crippen LogP contribution is -2.13. The number of nitrogens with zero attached hydrogens (tertiary/aromatic N) is 2. The van der Waals surface area contributed by atoms with Crippen molar-refractivity contribution in [2.45, 2.75) is 6.92 Å². The van der Waals surface area contributed by atoms with Crippen molar-refractivity contribution in [1.29, 1.82) is 0 Å². The molecule has 0 saturated carbocycles. The first-order valence-corrected chi connectivity index (χ1v) is 8.36. The molecular weight excluding hydrogens is 350 g/mol. The summed E-state index contributed by atoms with van der Waals surface area (Å²) in [5, 5.41) is 3.16. The number of anilines is 1. The van der Waals surface area contributed by atoms with E-state index >= 15 is 0 Å². The zero-order chi connectivity index (χ0) is 18.1. The molecule has 0 aliphatic rings. The Bertz CT molecular complexity index is 1100. The third kappa shape index (κ3) is 3.05. The Balaban J connectivity index is 1.59. The van der Waals surface area contributed by atoms with Gasteiger partial charge in [0.05, 0.1) is 10.6 Å². The Morgan fingerprint density at radius 2 is 1.96 bits per heavy atom. The van der Waals surface area contributed by atoms with Gasteiger partial charge < -0.3 is 9.73 Å². The van der Waals surface area contributed by atoms with Crippen LogP contribution in [0.25, 0.3) is 22.2 Å². The molecule has 2 aromatic carbocycles. The molecule has 4 aromatic rings. The van der Waals surface area contributed by atoms with E-state index in [0.717, 1.165) is 27.8 Å². The summed E-state index contributed by atoms with van der Waals surface area (Å²) in [5.41, 5.74) is 4.96. The number of amides is 1. The maximum Gasteiger partial charge on any atom is 0.258 e. The molecule has 0 bridgehead atoms. The van der Waals surface area contributed by atoms with E-state index in [0.29, 0.717) is 16.4 Å². The van der Waals surface area contributed by atoms with Crippen molar-refractivity contribution in [2.24, 2.45) is 0 Å². The molecule has 6 heteroatoms. The molecular formula is C20H14ClN3O2. The maximum atomic E-state index is 12.3. The highest BCUT2D eigenvalue weighted by Gasteiger charge is 2.11. The number of benzene rings is 2. The average molecular weight is 364 g/mol. The molecule has 0 aliphatic carbocycles. The Morgan fingerprint density at radius 3 is 2.73 bits per heavy atom. The summed E-state index contributed by atoms with van der Waals surface area (Å²) in [5.74, 6) is 0.159. The summed E-state index contributed by atoms with van der Waals surface area (Å²) in [6.07, 6.45) is 3.15. The molecule has 0 unspecified atom stereocenters. The van der Waals surface area contributed by atoms with Gasteiger partial charge in [-0.15, -0.1) is 0 Å². The average Bonchev–Trinajstić information content (AvgIpc) is 3.09. The molecule has 0 radical (unpaired) electrons. The lowest BCUT2D eigenvalue weighted by Gasteiger charge is -2.08.